The van der Waals surface area contributed by atoms with Gasteiger partial charge in [-0.25, -0.2) is 0 Å². The second-order valence-corrected chi connectivity index (χ2v) is 4.56. The first-order chi connectivity index (χ1) is 8.07. The van der Waals surface area contributed by atoms with E-state index in [1.807, 2.05) is 0 Å². The zero-order valence-corrected chi connectivity index (χ0v) is 11.1. The predicted molar refractivity (Wildman–Crippen MR) is 69.4 cm³/mol. The molecule has 0 radical (unpaired) electrons. The summed E-state index contributed by atoms with van der Waals surface area (Å²) in [5.74, 6) is -0.567. The minimum atomic E-state index is -0.563. The molecule has 0 aromatic carbocycles. The molecule has 0 saturated heterocycles. The van der Waals surface area contributed by atoms with E-state index in [4.69, 9.17) is 5.73 Å². The third kappa shape index (κ3) is 9.85. The van der Waals surface area contributed by atoms with E-state index in [-0.39, 0.29) is 5.91 Å². The first-order valence-electron chi connectivity index (χ1n) is 6.66. The van der Waals surface area contributed by atoms with Gasteiger partial charge in [0.25, 0.3) is 0 Å². The third-order valence-electron chi connectivity index (χ3n) is 2.81. The van der Waals surface area contributed by atoms with Gasteiger partial charge in [-0.1, -0.05) is 45.4 Å². The predicted octanol–water partition coefficient (Wildman–Crippen LogP) is 2.12. The van der Waals surface area contributed by atoms with Crippen LogP contribution < -0.4 is 11.1 Å². The maximum Gasteiger partial charge on any atom is 0.239 e. The van der Waals surface area contributed by atoms with Crippen LogP contribution in [0.25, 0.3) is 0 Å². The first-order valence-corrected chi connectivity index (χ1v) is 6.66. The van der Waals surface area contributed by atoms with Gasteiger partial charge >= 0.3 is 0 Å². The van der Waals surface area contributed by atoms with Crippen LogP contribution in [0.4, 0.5) is 0 Å². The molecule has 0 aromatic heterocycles. The summed E-state index contributed by atoms with van der Waals surface area (Å²) < 4.78 is 0. The van der Waals surface area contributed by atoms with Crippen molar-refractivity contribution in [2.75, 3.05) is 0 Å². The number of hydrogen-bond donors (Lipinski definition) is 2. The van der Waals surface area contributed by atoms with Crippen molar-refractivity contribution in [3.8, 4) is 0 Å². The van der Waals surface area contributed by atoms with Gasteiger partial charge in [0.1, 0.15) is 6.04 Å². The fourth-order valence-electron chi connectivity index (χ4n) is 1.63. The van der Waals surface area contributed by atoms with E-state index < -0.39 is 11.9 Å². The number of unbranched alkanes of at least 4 members (excludes halogenated alkanes) is 6. The topological polar surface area (TPSA) is 72.2 Å². The van der Waals surface area contributed by atoms with Crippen LogP contribution in [0.3, 0.4) is 0 Å². The number of carbonyl (C=O) groups is 2. The van der Waals surface area contributed by atoms with Crippen molar-refractivity contribution in [1.29, 1.82) is 0 Å². The van der Waals surface area contributed by atoms with Gasteiger partial charge in [-0.2, -0.15) is 0 Å². The molecule has 0 heterocycles. The van der Waals surface area contributed by atoms with Crippen LogP contribution in [-0.2, 0) is 9.59 Å². The normalized spacial score (nSPS) is 12.1. The maximum absolute atomic E-state index is 11.4. The molecule has 0 unspecified atom stereocenters. The maximum atomic E-state index is 11.4. The monoisotopic (exact) mass is 242 g/mol. The van der Waals surface area contributed by atoms with E-state index in [2.05, 4.69) is 12.2 Å². The number of nitrogens with one attached hydrogen (secondary N) is 1. The highest BCUT2D eigenvalue weighted by Gasteiger charge is 2.11. The minimum Gasteiger partial charge on any atom is -0.368 e. The Hall–Kier alpha value is -1.06. The number of hydrogen-bond acceptors (Lipinski definition) is 2. The summed E-state index contributed by atoms with van der Waals surface area (Å²) in [5.41, 5.74) is 5.05. The van der Waals surface area contributed by atoms with Crippen LogP contribution in [0, 0.1) is 0 Å². The molecule has 4 heteroatoms. The van der Waals surface area contributed by atoms with Crippen molar-refractivity contribution in [2.45, 2.75) is 71.3 Å². The molecule has 0 aliphatic heterocycles. The molecule has 0 aliphatic carbocycles. The van der Waals surface area contributed by atoms with Crippen LogP contribution in [0.5, 0.6) is 0 Å². The summed E-state index contributed by atoms with van der Waals surface area (Å²) in [7, 11) is 0. The molecule has 0 aliphatic rings. The summed E-state index contributed by atoms with van der Waals surface area (Å²) >= 11 is 0. The molecular weight excluding hydrogens is 216 g/mol. The third-order valence-corrected chi connectivity index (χ3v) is 2.81. The number of rotatable bonds is 10. The van der Waals surface area contributed by atoms with Crippen molar-refractivity contribution >= 4 is 11.8 Å². The lowest BCUT2D eigenvalue weighted by Gasteiger charge is -2.09. The zero-order chi connectivity index (χ0) is 13.1. The average Bonchev–Trinajstić information content (AvgIpc) is 2.27. The highest BCUT2D eigenvalue weighted by molar-refractivity contribution is 5.86. The van der Waals surface area contributed by atoms with Crippen LogP contribution in [0.2, 0.25) is 0 Å². The number of carbonyl (C=O) groups excluding carboxylic acids is 2. The molecule has 0 fully saturated rings. The Morgan fingerprint density at radius 3 is 2.12 bits per heavy atom. The quantitative estimate of drug-likeness (QED) is 0.576. The van der Waals surface area contributed by atoms with Gasteiger partial charge in [-0.15, -0.1) is 0 Å². The zero-order valence-electron chi connectivity index (χ0n) is 11.1. The van der Waals surface area contributed by atoms with Crippen LogP contribution in [-0.4, -0.2) is 17.9 Å². The Balaban J connectivity index is 3.36. The lowest BCUT2D eigenvalue weighted by atomic mass is 10.1. The summed E-state index contributed by atoms with van der Waals surface area (Å²) in [6.07, 6.45) is 8.77. The van der Waals surface area contributed by atoms with Gasteiger partial charge in [0.2, 0.25) is 11.8 Å². The molecule has 1 atom stereocenters. The lowest BCUT2D eigenvalue weighted by molar-refractivity contribution is -0.127. The van der Waals surface area contributed by atoms with Crippen LogP contribution >= 0.6 is 0 Å². The smallest absolute Gasteiger partial charge is 0.239 e. The Labute approximate surface area is 104 Å². The number of nitrogens with two attached hydrogens (primary N) is 1. The molecule has 0 spiro atoms. The van der Waals surface area contributed by atoms with E-state index in [1.54, 1.807) is 6.92 Å². The molecule has 0 rings (SSSR count). The highest BCUT2D eigenvalue weighted by Crippen LogP contribution is 2.08. The van der Waals surface area contributed by atoms with E-state index >= 15 is 0 Å². The summed E-state index contributed by atoms with van der Waals surface area (Å²) in [5, 5.41) is 2.58. The van der Waals surface area contributed by atoms with Gasteiger partial charge in [0.05, 0.1) is 0 Å². The van der Waals surface area contributed by atoms with Crippen molar-refractivity contribution < 1.29 is 9.59 Å². The fraction of sp³-hybridized carbons (Fsp3) is 0.846. The van der Waals surface area contributed by atoms with Gasteiger partial charge in [-0.05, 0) is 13.3 Å². The first kappa shape index (κ1) is 15.9. The Kier molecular flexibility index (Phi) is 9.49. The summed E-state index contributed by atoms with van der Waals surface area (Å²) in [4.78, 5) is 22.1. The molecule has 17 heavy (non-hydrogen) atoms. The van der Waals surface area contributed by atoms with E-state index in [1.165, 1.54) is 32.1 Å². The van der Waals surface area contributed by atoms with Gasteiger partial charge < -0.3 is 11.1 Å². The second-order valence-electron chi connectivity index (χ2n) is 4.56. The van der Waals surface area contributed by atoms with Crippen molar-refractivity contribution in [2.24, 2.45) is 5.73 Å². The molecule has 2 amide bonds. The molecule has 0 aromatic rings. The van der Waals surface area contributed by atoms with Crippen LogP contribution in [0.15, 0.2) is 0 Å². The van der Waals surface area contributed by atoms with Gasteiger partial charge in [-0.3, -0.25) is 9.59 Å². The Bertz CT molecular complexity index is 229. The largest absolute Gasteiger partial charge is 0.368 e. The van der Waals surface area contributed by atoms with E-state index in [9.17, 15) is 9.59 Å². The van der Waals surface area contributed by atoms with Gasteiger partial charge in [0, 0.05) is 6.42 Å². The van der Waals surface area contributed by atoms with Gasteiger partial charge in [0.15, 0.2) is 0 Å². The molecule has 3 N–H and O–H groups in total. The average molecular weight is 242 g/mol. The second kappa shape index (κ2) is 10.1. The minimum absolute atomic E-state index is 0.0788. The number of primary amides is 1. The lowest BCUT2D eigenvalue weighted by Crippen LogP contribution is -2.42. The molecule has 0 saturated carbocycles. The van der Waals surface area contributed by atoms with E-state index in [0.29, 0.717) is 6.42 Å². The van der Waals surface area contributed by atoms with Crippen LogP contribution in [0.1, 0.15) is 65.2 Å². The van der Waals surface area contributed by atoms with Crippen molar-refractivity contribution in [3.05, 3.63) is 0 Å². The number of amides is 2. The van der Waals surface area contributed by atoms with Crippen molar-refractivity contribution in [1.82, 2.24) is 5.32 Å². The molecule has 0 bridgehead atoms. The SMILES string of the molecule is CCCCCCCCCC(=O)N[C@@H](C)C(N)=O. The molecular formula is C13H26N2O2. The van der Waals surface area contributed by atoms with E-state index in [0.717, 1.165) is 12.8 Å². The fourth-order valence-corrected chi connectivity index (χ4v) is 1.63. The highest BCUT2D eigenvalue weighted by atomic mass is 16.2. The Morgan fingerprint density at radius 2 is 1.59 bits per heavy atom. The summed E-state index contributed by atoms with van der Waals surface area (Å²) in [6, 6.07) is -0.563. The van der Waals surface area contributed by atoms with Crippen molar-refractivity contribution in [3.63, 3.8) is 0 Å². The standard InChI is InChI=1S/C13H26N2O2/c1-3-4-5-6-7-8-9-10-12(16)15-11(2)13(14)17/h11H,3-10H2,1-2H3,(H2,14,17)(H,15,16)/t11-/m0/s1. The Morgan fingerprint density at radius 1 is 1.06 bits per heavy atom. The molecule has 100 valence electrons. The molecule has 4 nitrogen and oxygen atoms in total. The summed E-state index contributed by atoms with van der Waals surface area (Å²) in [6.45, 7) is 3.80.